The number of halogens is 3. The number of hydrogen-bond donors (Lipinski definition) is 2. The largest absolute Gasteiger partial charge is 0.477 e. The third kappa shape index (κ3) is 3.99. The number of carboxylic acids is 1. The Morgan fingerprint density at radius 1 is 1.15 bits per heavy atom. The van der Waals surface area contributed by atoms with E-state index in [2.05, 4.69) is 10.5 Å². The van der Waals surface area contributed by atoms with Gasteiger partial charge in [0.1, 0.15) is 5.25 Å². The predicted molar refractivity (Wildman–Crippen MR) is 106 cm³/mol. The molecule has 3 rings (SSSR count). The number of benzene rings is 2. The summed E-state index contributed by atoms with van der Waals surface area (Å²) in [6.07, 6.45) is 0. The maximum absolute atomic E-state index is 12.7. The summed E-state index contributed by atoms with van der Waals surface area (Å²) in [5.41, 5.74) is 3.92. The summed E-state index contributed by atoms with van der Waals surface area (Å²) in [5.74, 6) is -1.15. The van der Waals surface area contributed by atoms with Crippen LogP contribution in [-0.2, 0) is 10.5 Å². The first-order valence-corrected chi connectivity index (χ1v) is 9.51. The van der Waals surface area contributed by atoms with Crippen molar-refractivity contribution in [2.75, 3.05) is 5.43 Å². The van der Waals surface area contributed by atoms with Gasteiger partial charge < -0.3 is 5.11 Å². The lowest BCUT2D eigenvalue weighted by molar-refractivity contribution is -0.129. The van der Waals surface area contributed by atoms with Gasteiger partial charge >= 0.3 is 5.97 Å². The maximum atomic E-state index is 12.7. The fraction of sp³-hybridized carbons (Fsp3) is 0.118. The molecule has 26 heavy (non-hydrogen) atoms. The number of anilines is 1. The molecule has 1 aliphatic heterocycles. The van der Waals surface area contributed by atoms with Crippen LogP contribution in [0.15, 0.2) is 41.5 Å². The number of nitrogens with zero attached hydrogens (tertiary/aromatic N) is 1. The van der Waals surface area contributed by atoms with Crippen molar-refractivity contribution in [1.82, 2.24) is 0 Å². The monoisotopic (exact) mass is 428 g/mol. The molecule has 0 fully saturated rings. The molecule has 0 saturated heterocycles. The Morgan fingerprint density at radius 2 is 1.85 bits per heavy atom. The number of hydrazone groups is 1. The molecule has 0 saturated carbocycles. The zero-order valence-corrected chi connectivity index (χ0v) is 16.1. The zero-order valence-electron chi connectivity index (χ0n) is 13.0. The number of carbonyl (C=O) groups is 2. The van der Waals surface area contributed by atoms with Gasteiger partial charge in [0.25, 0.3) is 0 Å². The highest BCUT2D eigenvalue weighted by Crippen LogP contribution is 2.33. The number of carboxylic acid groups (broad SMARTS) is 1. The van der Waals surface area contributed by atoms with Crippen LogP contribution in [0.25, 0.3) is 0 Å². The Morgan fingerprint density at radius 3 is 2.54 bits per heavy atom. The molecule has 0 amide bonds. The quantitative estimate of drug-likeness (QED) is 0.528. The van der Waals surface area contributed by atoms with Crippen LogP contribution in [0.3, 0.4) is 0 Å². The maximum Gasteiger partial charge on any atom is 0.353 e. The second kappa shape index (κ2) is 7.88. The molecule has 0 radical (unpaired) electrons. The number of carbonyl (C=O) groups excluding carboxylic acids is 1. The first-order valence-electron chi connectivity index (χ1n) is 7.33. The van der Waals surface area contributed by atoms with Crippen LogP contribution < -0.4 is 5.43 Å². The molecule has 2 N–H and O–H groups in total. The molecule has 0 aliphatic carbocycles. The van der Waals surface area contributed by atoms with Gasteiger partial charge in [0.15, 0.2) is 11.5 Å². The smallest absolute Gasteiger partial charge is 0.353 e. The zero-order chi connectivity index (χ0) is 18.8. The van der Waals surface area contributed by atoms with E-state index in [0.717, 1.165) is 5.56 Å². The van der Waals surface area contributed by atoms with Crippen molar-refractivity contribution in [3.8, 4) is 0 Å². The summed E-state index contributed by atoms with van der Waals surface area (Å²) in [4.78, 5) is 24.4. The number of thioether (sulfide) groups is 1. The number of nitrogens with one attached hydrogen (secondary N) is 1. The van der Waals surface area contributed by atoms with E-state index in [-0.39, 0.29) is 16.5 Å². The van der Waals surface area contributed by atoms with Gasteiger partial charge in [-0.05, 0) is 42.0 Å². The topological polar surface area (TPSA) is 78.8 Å². The van der Waals surface area contributed by atoms with Gasteiger partial charge in [0, 0.05) is 21.4 Å². The third-order valence-corrected chi connectivity index (χ3v) is 5.70. The molecule has 1 unspecified atom stereocenters. The van der Waals surface area contributed by atoms with Crippen molar-refractivity contribution in [3.05, 3.63) is 62.6 Å². The molecule has 1 aliphatic rings. The standard InChI is InChI=1S/C17H11Cl3N2O3S/c18-9-1-3-11-8(5-9)7-26-16(15(11)23)14(17(24)25)22-21-13-4-2-10(19)6-12(13)20/h1-6,16,21H,7H2,(H,24,25). The predicted octanol–water partition coefficient (Wildman–Crippen LogP) is 5.00. The summed E-state index contributed by atoms with van der Waals surface area (Å²) in [5, 5.41) is 13.8. The van der Waals surface area contributed by atoms with Crippen molar-refractivity contribution < 1.29 is 14.7 Å². The van der Waals surface area contributed by atoms with Crippen LogP contribution in [0.2, 0.25) is 15.1 Å². The van der Waals surface area contributed by atoms with Gasteiger partial charge in [0.05, 0.1) is 10.7 Å². The van der Waals surface area contributed by atoms with E-state index in [1.54, 1.807) is 30.3 Å². The minimum absolute atomic E-state index is 0.286. The Bertz CT molecular complexity index is 933. The molecule has 0 bridgehead atoms. The Hall–Kier alpha value is -1.73. The molecule has 5 nitrogen and oxygen atoms in total. The average Bonchev–Trinajstić information content (AvgIpc) is 2.58. The number of ketones is 1. The van der Waals surface area contributed by atoms with E-state index < -0.39 is 11.2 Å². The number of Topliss-reactive ketones (excluding diaryl/α,β-unsaturated/α-hetero) is 1. The SMILES string of the molecule is O=C(O)C(=NNc1ccc(Cl)cc1Cl)C1SCc2cc(Cl)ccc2C1=O. The number of hydrogen-bond acceptors (Lipinski definition) is 5. The van der Waals surface area contributed by atoms with Crippen molar-refractivity contribution in [3.63, 3.8) is 0 Å². The molecule has 134 valence electrons. The first-order chi connectivity index (χ1) is 12.4. The van der Waals surface area contributed by atoms with Crippen LogP contribution in [0, 0.1) is 0 Å². The molecule has 1 heterocycles. The highest BCUT2D eigenvalue weighted by atomic mass is 35.5. The van der Waals surface area contributed by atoms with Crippen molar-refractivity contribution in [2.24, 2.45) is 5.10 Å². The van der Waals surface area contributed by atoms with E-state index in [0.29, 0.717) is 27.0 Å². The number of fused-ring (bicyclic) bond motifs is 1. The third-order valence-electron chi connectivity index (χ3n) is 3.67. The van der Waals surface area contributed by atoms with Gasteiger partial charge in [-0.3, -0.25) is 10.2 Å². The molecular weight excluding hydrogens is 419 g/mol. The molecular formula is C17H11Cl3N2O3S. The van der Waals surface area contributed by atoms with E-state index in [1.807, 2.05) is 0 Å². The minimum Gasteiger partial charge on any atom is -0.477 e. The summed E-state index contributed by atoms with van der Waals surface area (Å²) in [7, 11) is 0. The molecule has 0 aromatic heterocycles. The van der Waals surface area contributed by atoms with Crippen molar-refractivity contribution in [2.45, 2.75) is 11.0 Å². The van der Waals surface area contributed by atoms with Crippen LogP contribution in [0.1, 0.15) is 15.9 Å². The van der Waals surface area contributed by atoms with Gasteiger partial charge in [-0.15, -0.1) is 11.8 Å². The molecule has 0 spiro atoms. The van der Waals surface area contributed by atoms with E-state index >= 15 is 0 Å². The lowest BCUT2D eigenvalue weighted by Gasteiger charge is -2.22. The first kappa shape index (κ1) is 19.0. The fourth-order valence-electron chi connectivity index (χ4n) is 2.43. The Balaban J connectivity index is 1.89. The second-order valence-corrected chi connectivity index (χ2v) is 7.77. The van der Waals surface area contributed by atoms with Crippen LogP contribution in [0.4, 0.5) is 5.69 Å². The van der Waals surface area contributed by atoms with E-state index in [9.17, 15) is 14.7 Å². The van der Waals surface area contributed by atoms with Gasteiger partial charge in [0.2, 0.25) is 0 Å². The fourth-order valence-corrected chi connectivity index (χ4v) is 4.25. The second-order valence-electron chi connectivity index (χ2n) is 5.39. The number of rotatable bonds is 4. The average molecular weight is 430 g/mol. The van der Waals surface area contributed by atoms with E-state index in [1.165, 1.54) is 17.8 Å². The van der Waals surface area contributed by atoms with Crippen molar-refractivity contribution in [1.29, 1.82) is 0 Å². The summed E-state index contributed by atoms with van der Waals surface area (Å²) >= 11 is 19.0. The van der Waals surface area contributed by atoms with Gasteiger partial charge in [-0.25, -0.2) is 4.79 Å². The number of aliphatic carboxylic acids is 1. The molecule has 2 aromatic rings. The van der Waals surface area contributed by atoms with Crippen LogP contribution in [0.5, 0.6) is 0 Å². The lowest BCUT2D eigenvalue weighted by atomic mass is 9.99. The highest BCUT2D eigenvalue weighted by Gasteiger charge is 2.35. The molecule has 2 aromatic carbocycles. The highest BCUT2D eigenvalue weighted by molar-refractivity contribution is 8.00. The van der Waals surface area contributed by atoms with Crippen LogP contribution >= 0.6 is 46.6 Å². The normalized spacial score (nSPS) is 17.0. The molecule has 1 atom stereocenters. The Labute approximate surface area is 168 Å². The molecule has 9 heteroatoms. The van der Waals surface area contributed by atoms with Crippen molar-refractivity contribution >= 4 is 69.7 Å². The van der Waals surface area contributed by atoms with E-state index in [4.69, 9.17) is 34.8 Å². The van der Waals surface area contributed by atoms with Gasteiger partial charge in [-0.2, -0.15) is 5.10 Å². The van der Waals surface area contributed by atoms with Crippen LogP contribution in [-0.4, -0.2) is 27.8 Å². The minimum atomic E-state index is -1.29. The summed E-state index contributed by atoms with van der Waals surface area (Å²) in [6, 6.07) is 9.58. The summed E-state index contributed by atoms with van der Waals surface area (Å²) in [6.45, 7) is 0. The summed E-state index contributed by atoms with van der Waals surface area (Å²) < 4.78 is 0. The lowest BCUT2D eigenvalue weighted by Crippen LogP contribution is -2.36. The Kier molecular flexibility index (Phi) is 5.77. The van der Waals surface area contributed by atoms with Gasteiger partial charge in [-0.1, -0.05) is 34.8 Å².